The van der Waals surface area contributed by atoms with E-state index in [1.54, 1.807) is 0 Å². The highest BCUT2D eigenvalue weighted by Crippen LogP contribution is 2.34. The van der Waals surface area contributed by atoms with Crippen LogP contribution in [-0.4, -0.2) is 71.9 Å². The van der Waals surface area contributed by atoms with Crippen molar-refractivity contribution in [1.29, 1.82) is 0 Å². The first kappa shape index (κ1) is 34.3. The van der Waals surface area contributed by atoms with E-state index in [4.69, 9.17) is 11.6 Å². The maximum Gasteiger partial charge on any atom is 0.270 e. The van der Waals surface area contributed by atoms with E-state index in [0.717, 1.165) is 51.5 Å². The lowest BCUT2D eigenvalue weighted by Gasteiger charge is -2.36. The number of hydrogen-bond acceptors (Lipinski definition) is 4. The minimum Gasteiger partial charge on any atom is -0.361 e. The van der Waals surface area contributed by atoms with Gasteiger partial charge in [0.25, 0.3) is 5.91 Å². The molecule has 0 radical (unpaired) electrons. The molecule has 9 nitrogen and oxygen atoms in total. The Kier molecular flexibility index (Phi) is 10.4. The van der Waals surface area contributed by atoms with Gasteiger partial charge in [-0.15, -0.1) is 0 Å². The van der Waals surface area contributed by atoms with Crippen molar-refractivity contribution >= 4 is 56.8 Å². The second-order valence-corrected chi connectivity index (χ2v) is 13.6. The number of piperidine rings is 1. The predicted octanol–water partition coefficient (Wildman–Crippen LogP) is 6.27. The summed E-state index contributed by atoms with van der Waals surface area (Å²) in [5.74, 6) is -0.886. The van der Waals surface area contributed by atoms with Crippen LogP contribution in [0.2, 0.25) is 5.02 Å². The Balaban J connectivity index is 0.00000134. The Morgan fingerprint density at radius 3 is 2.41 bits per heavy atom. The van der Waals surface area contributed by atoms with Gasteiger partial charge in [0.1, 0.15) is 11.7 Å². The van der Waals surface area contributed by atoms with E-state index in [1.165, 1.54) is 0 Å². The van der Waals surface area contributed by atoms with Crippen LogP contribution in [0.15, 0.2) is 79.0 Å². The average molecular weight is 681 g/mol. The van der Waals surface area contributed by atoms with Gasteiger partial charge in [0.2, 0.25) is 11.8 Å². The van der Waals surface area contributed by atoms with E-state index in [2.05, 4.69) is 15.6 Å². The Bertz CT molecular complexity index is 1970. The summed E-state index contributed by atoms with van der Waals surface area (Å²) >= 11 is 6.30. The number of carbonyl (C=O) groups is 3. The van der Waals surface area contributed by atoms with Gasteiger partial charge in [0, 0.05) is 77.2 Å². The summed E-state index contributed by atoms with van der Waals surface area (Å²) in [6.07, 6.45) is 4.70. The Morgan fingerprint density at radius 1 is 0.939 bits per heavy atom. The third kappa shape index (κ3) is 6.96. The van der Waals surface area contributed by atoms with Gasteiger partial charge in [0.05, 0.1) is 0 Å². The molecule has 3 N–H and O–H groups in total. The van der Waals surface area contributed by atoms with Crippen molar-refractivity contribution in [2.24, 2.45) is 13.0 Å². The molecular weight excluding hydrogens is 636 g/mol. The second kappa shape index (κ2) is 14.9. The molecule has 2 aromatic heterocycles. The van der Waals surface area contributed by atoms with Crippen molar-refractivity contribution in [2.45, 2.75) is 44.6 Å². The summed E-state index contributed by atoms with van der Waals surface area (Å²) in [5, 5.41) is 8.67. The van der Waals surface area contributed by atoms with Crippen molar-refractivity contribution in [3.8, 4) is 0 Å². The van der Waals surface area contributed by atoms with E-state index < -0.39 is 6.04 Å². The third-order valence-electron chi connectivity index (χ3n) is 9.93. The zero-order chi connectivity index (χ0) is 34.7. The fraction of sp³-hybridized carbons (Fsp3) is 0.359. The number of amides is 3. The number of aromatic amines is 1. The number of hydrogen-bond donors (Lipinski definition) is 3. The van der Waals surface area contributed by atoms with Crippen LogP contribution >= 0.6 is 11.6 Å². The number of fused-ring (bicyclic) bond motifs is 3. The molecule has 7 rings (SSSR count). The quantitative estimate of drug-likeness (QED) is 0.197. The number of likely N-dealkylation sites (tertiary alicyclic amines) is 1. The third-order valence-corrected chi connectivity index (χ3v) is 10.2. The lowest BCUT2D eigenvalue weighted by Crippen LogP contribution is -2.54. The van der Waals surface area contributed by atoms with Crippen molar-refractivity contribution in [3.05, 3.63) is 101 Å². The molecule has 3 aromatic carbocycles. The predicted molar refractivity (Wildman–Crippen MR) is 197 cm³/mol. The van der Waals surface area contributed by atoms with Crippen molar-refractivity contribution in [2.75, 3.05) is 38.6 Å². The monoisotopic (exact) mass is 680 g/mol. The number of aromatic nitrogens is 2. The first-order chi connectivity index (χ1) is 23.7. The standard InChI is InChI=1S/C37H38ClN5O3.C2H7N/c1-23(29-22-39-30-11-5-4-10-28(29)30)34(37(46)43-17-7-9-25-20-27(38)13-14-32(25)43)40-35(44)24-15-18-42(19-16-24)36(45)33-21-26-8-3-6-12-31(26)41(33)2;1-3-2/h3-6,8,10-14,20-24,34,39H,7,9,15-19H2,1-2H3,(H,40,44);3H,1-2H3. The summed E-state index contributed by atoms with van der Waals surface area (Å²) in [4.78, 5) is 48.9. The number of para-hydroxylation sites is 2. The zero-order valence-corrected chi connectivity index (χ0v) is 29.4. The Labute approximate surface area is 292 Å². The number of carbonyl (C=O) groups excluding carboxylic acids is 3. The molecule has 1 fully saturated rings. The van der Waals surface area contributed by atoms with Crippen LogP contribution in [-0.2, 0) is 23.1 Å². The number of H-pyrrole nitrogens is 1. The molecule has 0 saturated carbocycles. The highest BCUT2D eigenvalue weighted by Gasteiger charge is 2.37. The van der Waals surface area contributed by atoms with E-state index in [0.29, 0.717) is 43.2 Å². The van der Waals surface area contributed by atoms with Gasteiger partial charge in [-0.2, -0.15) is 0 Å². The van der Waals surface area contributed by atoms with Crippen molar-refractivity contribution < 1.29 is 14.4 Å². The summed E-state index contributed by atoms with van der Waals surface area (Å²) in [6.45, 7) is 3.55. The number of aryl methyl sites for hydroxylation is 2. The van der Waals surface area contributed by atoms with Crippen LogP contribution in [0.3, 0.4) is 0 Å². The molecule has 2 unspecified atom stereocenters. The van der Waals surface area contributed by atoms with Crippen molar-refractivity contribution in [3.63, 3.8) is 0 Å². The molecule has 0 aliphatic carbocycles. The van der Waals surface area contributed by atoms with Crippen LogP contribution in [0.1, 0.15) is 53.7 Å². The molecule has 0 bridgehead atoms. The fourth-order valence-corrected chi connectivity index (χ4v) is 7.48. The lowest BCUT2D eigenvalue weighted by molar-refractivity contribution is -0.131. The molecule has 1 saturated heterocycles. The number of nitrogens with zero attached hydrogens (tertiary/aromatic N) is 3. The number of nitrogens with one attached hydrogen (secondary N) is 3. The second-order valence-electron chi connectivity index (χ2n) is 13.1. The first-order valence-electron chi connectivity index (χ1n) is 17.1. The SMILES string of the molecule is CC(c1c[nH]c2ccccc12)C(NC(=O)C1CCN(C(=O)c2cc3ccccc3n2C)CC1)C(=O)N1CCCc2cc(Cl)ccc21.CNC. The first-order valence-corrected chi connectivity index (χ1v) is 17.5. The van der Waals surface area contributed by atoms with Gasteiger partial charge >= 0.3 is 0 Å². The van der Waals surface area contributed by atoms with Crippen LogP contribution in [0, 0.1) is 5.92 Å². The minimum atomic E-state index is -0.774. The van der Waals surface area contributed by atoms with Crippen LogP contribution in [0.4, 0.5) is 5.69 Å². The van der Waals surface area contributed by atoms with E-state index in [-0.39, 0.29) is 29.6 Å². The van der Waals surface area contributed by atoms with Crippen LogP contribution in [0.25, 0.3) is 21.8 Å². The fourth-order valence-electron chi connectivity index (χ4n) is 7.29. The lowest BCUT2D eigenvalue weighted by atomic mass is 9.89. The molecule has 4 heterocycles. The van der Waals surface area contributed by atoms with E-state index >= 15 is 0 Å². The molecule has 5 aromatic rings. The molecule has 2 aliphatic heterocycles. The highest BCUT2D eigenvalue weighted by molar-refractivity contribution is 6.30. The van der Waals surface area contributed by atoms with Crippen molar-refractivity contribution in [1.82, 2.24) is 25.1 Å². The highest BCUT2D eigenvalue weighted by atomic mass is 35.5. The summed E-state index contributed by atoms with van der Waals surface area (Å²) < 4.78 is 1.94. The van der Waals surface area contributed by atoms with Gasteiger partial charge in [0.15, 0.2) is 0 Å². The summed E-state index contributed by atoms with van der Waals surface area (Å²) in [6, 6.07) is 22.8. The molecular formula is C39H45ClN6O3. The number of benzene rings is 3. The topological polar surface area (TPSA) is 102 Å². The Hall–Kier alpha value is -4.60. The Morgan fingerprint density at radius 2 is 1.65 bits per heavy atom. The summed E-state index contributed by atoms with van der Waals surface area (Å²) in [5.41, 5.74) is 5.53. The molecule has 2 aliphatic rings. The van der Waals surface area contributed by atoms with Crippen LogP contribution < -0.4 is 15.5 Å². The normalized spacial score (nSPS) is 16.1. The minimum absolute atomic E-state index is 0.0255. The maximum absolute atomic E-state index is 14.5. The number of rotatable bonds is 6. The summed E-state index contributed by atoms with van der Waals surface area (Å²) in [7, 11) is 5.66. The largest absolute Gasteiger partial charge is 0.361 e. The van der Waals surface area contributed by atoms with Crippen LogP contribution in [0.5, 0.6) is 0 Å². The number of halogens is 1. The molecule has 2 atom stereocenters. The van der Waals surface area contributed by atoms with Gasteiger partial charge < -0.3 is 30.0 Å². The smallest absolute Gasteiger partial charge is 0.270 e. The molecule has 49 heavy (non-hydrogen) atoms. The maximum atomic E-state index is 14.5. The van der Waals surface area contributed by atoms with Gasteiger partial charge in [-0.05, 0) is 87.3 Å². The van der Waals surface area contributed by atoms with E-state index in [1.807, 2.05) is 121 Å². The van der Waals surface area contributed by atoms with E-state index in [9.17, 15) is 14.4 Å². The van der Waals surface area contributed by atoms with Gasteiger partial charge in [-0.3, -0.25) is 14.4 Å². The average Bonchev–Trinajstić information content (AvgIpc) is 3.71. The molecule has 256 valence electrons. The van der Waals surface area contributed by atoms with Gasteiger partial charge in [-0.25, -0.2) is 0 Å². The molecule has 0 spiro atoms. The van der Waals surface area contributed by atoms with Gasteiger partial charge in [-0.1, -0.05) is 54.9 Å². The zero-order valence-electron chi connectivity index (χ0n) is 28.6. The molecule has 3 amide bonds. The number of anilines is 1. The molecule has 10 heteroatoms.